The van der Waals surface area contributed by atoms with Crippen molar-refractivity contribution in [3.05, 3.63) is 47.3 Å². The fourth-order valence-corrected chi connectivity index (χ4v) is 3.61. The van der Waals surface area contributed by atoms with Crippen molar-refractivity contribution in [1.29, 1.82) is 0 Å². The average Bonchev–Trinajstić information content (AvgIpc) is 3.09. The van der Waals surface area contributed by atoms with Crippen LogP contribution in [0.2, 0.25) is 0 Å². The van der Waals surface area contributed by atoms with Crippen molar-refractivity contribution in [2.75, 3.05) is 20.3 Å². The maximum Gasteiger partial charge on any atom is 0.251 e. The van der Waals surface area contributed by atoms with Gasteiger partial charge < -0.3 is 10.1 Å². The fraction of sp³-hybridized carbons (Fsp3) is 0.294. The SMILES string of the molecule is COCCNC(=O)c1ccc2nc(-n3c(C)ccc3C)sc2c1. The maximum absolute atomic E-state index is 12.1. The fourth-order valence-electron chi connectivity index (χ4n) is 2.49. The predicted molar refractivity (Wildman–Crippen MR) is 92.6 cm³/mol. The number of fused-ring (bicyclic) bond motifs is 1. The van der Waals surface area contributed by atoms with Gasteiger partial charge in [-0.25, -0.2) is 4.98 Å². The molecule has 0 bridgehead atoms. The third-order valence-corrected chi connectivity index (χ3v) is 4.70. The van der Waals surface area contributed by atoms with Gasteiger partial charge in [0, 0.05) is 30.6 Å². The summed E-state index contributed by atoms with van der Waals surface area (Å²) in [6.45, 7) is 5.13. The summed E-state index contributed by atoms with van der Waals surface area (Å²) in [5.74, 6) is -0.0905. The summed E-state index contributed by atoms with van der Waals surface area (Å²) in [6, 6.07) is 9.76. The molecule has 0 fully saturated rings. The zero-order chi connectivity index (χ0) is 16.4. The Morgan fingerprint density at radius 2 is 2.00 bits per heavy atom. The second-order valence-corrected chi connectivity index (χ2v) is 6.39. The molecule has 0 unspecified atom stereocenters. The van der Waals surface area contributed by atoms with Gasteiger partial charge in [-0.15, -0.1) is 0 Å². The number of rotatable bonds is 5. The molecule has 2 aromatic heterocycles. The van der Waals surface area contributed by atoms with E-state index in [0.717, 1.165) is 26.7 Å². The van der Waals surface area contributed by atoms with Crippen molar-refractivity contribution < 1.29 is 9.53 Å². The Morgan fingerprint density at radius 1 is 1.26 bits per heavy atom. The van der Waals surface area contributed by atoms with Crippen molar-refractivity contribution >= 4 is 27.5 Å². The molecule has 0 atom stereocenters. The van der Waals surface area contributed by atoms with Gasteiger partial charge in [0.05, 0.1) is 16.8 Å². The van der Waals surface area contributed by atoms with Crippen LogP contribution in [-0.2, 0) is 4.74 Å². The Bertz CT molecular complexity index is 831. The molecule has 1 amide bonds. The van der Waals surface area contributed by atoms with E-state index in [4.69, 9.17) is 4.74 Å². The normalized spacial score (nSPS) is 11.1. The third-order valence-electron chi connectivity index (χ3n) is 3.69. The van der Waals surface area contributed by atoms with E-state index in [-0.39, 0.29) is 5.91 Å². The van der Waals surface area contributed by atoms with Crippen molar-refractivity contribution in [2.45, 2.75) is 13.8 Å². The largest absolute Gasteiger partial charge is 0.383 e. The summed E-state index contributed by atoms with van der Waals surface area (Å²) in [4.78, 5) is 16.8. The lowest BCUT2D eigenvalue weighted by molar-refractivity contribution is 0.0937. The van der Waals surface area contributed by atoms with Gasteiger partial charge in [-0.2, -0.15) is 0 Å². The molecule has 2 heterocycles. The molecule has 1 aromatic carbocycles. The number of carbonyl (C=O) groups excluding carboxylic acids is 1. The number of thiazole rings is 1. The first-order valence-corrected chi connectivity index (χ1v) is 8.25. The highest BCUT2D eigenvalue weighted by Gasteiger charge is 2.12. The molecule has 0 saturated heterocycles. The van der Waals surface area contributed by atoms with E-state index < -0.39 is 0 Å². The first kappa shape index (κ1) is 15.7. The summed E-state index contributed by atoms with van der Waals surface area (Å²) < 4.78 is 8.07. The lowest BCUT2D eigenvalue weighted by Gasteiger charge is -2.03. The molecule has 0 radical (unpaired) electrons. The number of methoxy groups -OCH3 is 1. The van der Waals surface area contributed by atoms with Crippen LogP contribution in [0.5, 0.6) is 0 Å². The van der Waals surface area contributed by atoms with E-state index in [9.17, 15) is 4.79 Å². The van der Waals surface area contributed by atoms with E-state index in [1.165, 1.54) is 0 Å². The van der Waals surface area contributed by atoms with E-state index in [0.29, 0.717) is 18.7 Å². The highest BCUT2D eigenvalue weighted by Crippen LogP contribution is 2.28. The highest BCUT2D eigenvalue weighted by molar-refractivity contribution is 7.20. The molecule has 0 spiro atoms. The van der Waals surface area contributed by atoms with Crippen LogP contribution in [0.4, 0.5) is 0 Å². The molecular weight excluding hydrogens is 310 g/mol. The minimum atomic E-state index is -0.0905. The zero-order valence-corrected chi connectivity index (χ0v) is 14.2. The van der Waals surface area contributed by atoms with Crippen molar-refractivity contribution in [2.24, 2.45) is 0 Å². The van der Waals surface area contributed by atoms with Gasteiger partial charge in [-0.3, -0.25) is 9.36 Å². The van der Waals surface area contributed by atoms with Crippen molar-refractivity contribution in [3.8, 4) is 5.13 Å². The van der Waals surface area contributed by atoms with Crippen LogP contribution in [0.3, 0.4) is 0 Å². The second kappa shape index (κ2) is 6.52. The van der Waals surface area contributed by atoms with Gasteiger partial charge in [0.2, 0.25) is 0 Å². The van der Waals surface area contributed by atoms with Crippen LogP contribution >= 0.6 is 11.3 Å². The second-order valence-electron chi connectivity index (χ2n) is 5.38. The summed E-state index contributed by atoms with van der Waals surface area (Å²) >= 11 is 1.59. The van der Waals surface area contributed by atoms with Crippen LogP contribution in [0.25, 0.3) is 15.3 Å². The Hall–Kier alpha value is -2.18. The number of ether oxygens (including phenoxy) is 1. The molecule has 0 aliphatic rings. The molecule has 120 valence electrons. The first-order valence-electron chi connectivity index (χ1n) is 7.43. The third kappa shape index (κ3) is 3.13. The molecule has 0 aliphatic heterocycles. The Labute approximate surface area is 138 Å². The molecule has 0 saturated carbocycles. The monoisotopic (exact) mass is 329 g/mol. The number of nitrogens with zero attached hydrogens (tertiary/aromatic N) is 2. The van der Waals surface area contributed by atoms with Crippen LogP contribution in [0.15, 0.2) is 30.3 Å². The topological polar surface area (TPSA) is 56.1 Å². The molecular formula is C17H19N3O2S. The Kier molecular flexibility index (Phi) is 4.45. The van der Waals surface area contributed by atoms with Crippen molar-refractivity contribution in [1.82, 2.24) is 14.9 Å². The minimum Gasteiger partial charge on any atom is -0.383 e. The number of hydrogen-bond donors (Lipinski definition) is 1. The molecule has 6 heteroatoms. The molecule has 3 aromatic rings. The first-order chi connectivity index (χ1) is 11.1. The molecule has 5 nitrogen and oxygen atoms in total. The lowest BCUT2D eigenvalue weighted by atomic mass is 10.2. The minimum absolute atomic E-state index is 0.0905. The van der Waals surface area contributed by atoms with Gasteiger partial charge in [-0.1, -0.05) is 11.3 Å². The quantitative estimate of drug-likeness (QED) is 0.732. The van der Waals surface area contributed by atoms with E-state index in [1.807, 2.05) is 18.2 Å². The zero-order valence-electron chi connectivity index (χ0n) is 13.4. The van der Waals surface area contributed by atoms with Crippen LogP contribution in [0.1, 0.15) is 21.7 Å². The van der Waals surface area contributed by atoms with Gasteiger partial charge in [0.15, 0.2) is 5.13 Å². The predicted octanol–water partition coefficient (Wildman–Crippen LogP) is 3.08. The number of aryl methyl sites for hydroxylation is 2. The molecule has 0 aliphatic carbocycles. The van der Waals surface area contributed by atoms with Crippen LogP contribution in [0, 0.1) is 13.8 Å². The summed E-state index contributed by atoms with van der Waals surface area (Å²) in [6.07, 6.45) is 0. The molecule has 23 heavy (non-hydrogen) atoms. The van der Waals surface area contributed by atoms with E-state index >= 15 is 0 Å². The highest BCUT2D eigenvalue weighted by atomic mass is 32.1. The van der Waals surface area contributed by atoms with Gasteiger partial charge in [0.25, 0.3) is 5.91 Å². The summed E-state index contributed by atoms with van der Waals surface area (Å²) in [7, 11) is 1.61. The number of benzene rings is 1. The Balaban J connectivity index is 1.91. The number of nitrogens with one attached hydrogen (secondary N) is 1. The van der Waals surface area contributed by atoms with Crippen molar-refractivity contribution in [3.63, 3.8) is 0 Å². The van der Waals surface area contributed by atoms with Gasteiger partial charge in [0.1, 0.15) is 0 Å². The summed E-state index contributed by atoms with van der Waals surface area (Å²) in [5.41, 5.74) is 3.86. The molecule has 3 rings (SSSR count). The number of aromatic nitrogens is 2. The number of carbonyl (C=O) groups is 1. The lowest BCUT2D eigenvalue weighted by Crippen LogP contribution is -2.26. The van der Waals surface area contributed by atoms with Crippen LogP contribution in [-0.4, -0.2) is 35.7 Å². The molecule has 1 N–H and O–H groups in total. The summed E-state index contributed by atoms with van der Waals surface area (Å²) in [5, 5.41) is 3.76. The standard InChI is InChI=1S/C17H19N3O2S/c1-11-4-5-12(2)20(11)17-19-14-7-6-13(10-15(14)23-17)16(21)18-8-9-22-3/h4-7,10H,8-9H2,1-3H3,(H,18,21). The smallest absolute Gasteiger partial charge is 0.251 e. The van der Waals surface area contributed by atoms with E-state index in [1.54, 1.807) is 18.4 Å². The van der Waals surface area contributed by atoms with Gasteiger partial charge in [-0.05, 0) is 44.2 Å². The van der Waals surface area contributed by atoms with Gasteiger partial charge >= 0.3 is 0 Å². The number of amides is 1. The average molecular weight is 329 g/mol. The van der Waals surface area contributed by atoms with Crippen LogP contribution < -0.4 is 5.32 Å². The van der Waals surface area contributed by atoms with E-state index in [2.05, 4.69) is 40.8 Å². The Morgan fingerprint density at radius 3 is 2.70 bits per heavy atom. The maximum atomic E-state index is 12.1. The number of hydrogen-bond acceptors (Lipinski definition) is 4.